The van der Waals surface area contributed by atoms with Crippen LogP contribution in [0.3, 0.4) is 0 Å². The molecule has 0 bridgehead atoms. The Bertz CT molecular complexity index is 774. The van der Waals surface area contributed by atoms with Gasteiger partial charge in [-0.1, -0.05) is 6.07 Å². The summed E-state index contributed by atoms with van der Waals surface area (Å²) in [6, 6.07) is 3.89. The first-order valence-electron chi connectivity index (χ1n) is 8.87. The third-order valence-corrected chi connectivity index (χ3v) is 4.75. The summed E-state index contributed by atoms with van der Waals surface area (Å²) in [6.07, 6.45) is -1.42. The Kier molecular flexibility index (Phi) is 6.10. The zero-order valence-corrected chi connectivity index (χ0v) is 15.4. The van der Waals surface area contributed by atoms with Crippen LogP contribution in [0.25, 0.3) is 0 Å². The number of carbonyl (C=O) groups excluding carboxylic acids is 3. The fraction of sp³-hybridized carbons (Fsp3) is 0.500. The number of rotatable bonds is 7. The van der Waals surface area contributed by atoms with Crippen molar-refractivity contribution in [3.05, 3.63) is 29.3 Å². The number of methoxy groups -OCH3 is 1. The van der Waals surface area contributed by atoms with E-state index in [2.05, 4.69) is 4.74 Å². The topological polar surface area (TPSA) is 111 Å². The number of fused-ring (bicyclic) bond motifs is 1. The second-order valence-electron chi connectivity index (χ2n) is 6.49. The number of hydroxylamine groups is 2. The van der Waals surface area contributed by atoms with E-state index in [1.165, 1.54) is 12.0 Å². The molecule has 1 saturated heterocycles. The number of nitrogens with two attached hydrogens (primary N) is 1. The summed E-state index contributed by atoms with van der Waals surface area (Å²) >= 11 is 0. The van der Waals surface area contributed by atoms with Crippen molar-refractivity contribution in [2.24, 2.45) is 5.73 Å². The van der Waals surface area contributed by atoms with E-state index in [0.29, 0.717) is 23.5 Å². The zero-order valence-electron chi connectivity index (χ0n) is 15.4. The molecule has 0 aliphatic carbocycles. The van der Waals surface area contributed by atoms with Gasteiger partial charge in [-0.2, -0.15) is 0 Å². The summed E-state index contributed by atoms with van der Waals surface area (Å²) in [7, 11) is 1.24. The molecule has 152 valence electrons. The number of esters is 1. The van der Waals surface area contributed by atoms with Crippen LogP contribution in [-0.4, -0.2) is 67.0 Å². The average molecular weight is 395 g/mol. The van der Waals surface area contributed by atoms with Gasteiger partial charge in [0.1, 0.15) is 6.04 Å². The molecule has 2 aliphatic rings. The molecule has 2 unspecified atom stereocenters. The van der Waals surface area contributed by atoms with Gasteiger partial charge in [-0.15, -0.1) is 5.06 Å². The van der Waals surface area contributed by atoms with Crippen molar-refractivity contribution in [1.29, 1.82) is 0 Å². The molecule has 2 aliphatic heterocycles. The van der Waals surface area contributed by atoms with Gasteiger partial charge in [0.05, 0.1) is 33.4 Å². The maximum absolute atomic E-state index is 14.0. The fourth-order valence-electron chi connectivity index (χ4n) is 3.26. The standard InChI is InChI=1S/C18H22FN3O6/c1-26-16(23)6-5-13(17(20)24)21-9-12-11(18(21)25)3-2-4-14(12)28-22-7-8-27-10-15(22)19/h2-4,13,15H,5-10H2,1H3,(H2,20,24). The van der Waals surface area contributed by atoms with Crippen molar-refractivity contribution >= 4 is 17.8 Å². The number of hydrogen-bond donors (Lipinski definition) is 1. The van der Waals surface area contributed by atoms with Crippen molar-refractivity contribution in [1.82, 2.24) is 9.96 Å². The van der Waals surface area contributed by atoms with Crippen LogP contribution < -0.4 is 10.6 Å². The number of hydrogen-bond acceptors (Lipinski definition) is 7. The predicted octanol–water partition coefficient (Wildman–Crippen LogP) is 0.371. The number of primary amides is 1. The molecule has 10 heteroatoms. The van der Waals surface area contributed by atoms with E-state index in [-0.39, 0.29) is 32.5 Å². The molecule has 3 rings (SSSR count). The summed E-state index contributed by atoms with van der Waals surface area (Å²) in [5.41, 5.74) is 6.35. The van der Waals surface area contributed by atoms with E-state index in [9.17, 15) is 18.8 Å². The Labute approximate surface area is 161 Å². The molecule has 9 nitrogen and oxygen atoms in total. The van der Waals surface area contributed by atoms with Gasteiger partial charge in [0.2, 0.25) is 12.2 Å². The lowest BCUT2D eigenvalue weighted by Gasteiger charge is -2.30. The fourth-order valence-corrected chi connectivity index (χ4v) is 3.26. The highest BCUT2D eigenvalue weighted by Crippen LogP contribution is 2.33. The lowest BCUT2D eigenvalue weighted by atomic mass is 10.1. The molecule has 1 aromatic carbocycles. The van der Waals surface area contributed by atoms with Crippen LogP contribution in [0.2, 0.25) is 0 Å². The normalized spacial score (nSPS) is 20.6. The number of amides is 2. The minimum atomic E-state index is -1.42. The SMILES string of the molecule is COC(=O)CCC(C(N)=O)N1Cc2c(ON3CCOCC3F)cccc2C1=O. The minimum Gasteiger partial charge on any atom is -0.469 e. The third-order valence-electron chi connectivity index (χ3n) is 4.75. The second kappa shape index (κ2) is 8.53. The van der Waals surface area contributed by atoms with Crippen molar-refractivity contribution in [2.75, 3.05) is 26.9 Å². The highest BCUT2D eigenvalue weighted by molar-refractivity contribution is 6.01. The lowest BCUT2D eigenvalue weighted by molar-refractivity contribution is -0.197. The third kappa shape index (κ3) is 4.07. The molecule has 2 N–H and O–H groups in total. The van der Waals surface area contributed by atoms with Crippen LogP contribution in [0.4, 0.5) is 4.39 Å². The Hall–Kier alpha value is -2.72. The van der Waals surface area contributed by atoms with Crippen LogP contribution in [0.15, 0.2) is 18.2 Å². The van der Waals surface area contributed by atoms with Gasteiger partial charge in [0, 0.05) is 17.5 Å². The number of morpholine rings is 1. The van der Waals surface area contributed by atoms with Gasteiger partial charge in [-0.25, -0.2) is 4.39 Å². The van der Waals surface area contributed by atoms with Crippen molar-refractivity contribution in [3.8, 4) is 5.75 Å². The van der Waals surface area contributed by atoms with Gasteiger partial charge in [0.15, 0.2) is 5.75 Å². The maximum atomic E-state index is 14.0. The Balaban J connectivity index is 1.79. The van der Waals surface area contributed by atoms with Crippen LogP contribution in [0, 0.1) is 0 Å². The zero-order chi connectivity index (χ0) is 20.3. The first-order chi connectivity index (χ1) is 13.4. The molecule has 0 radical (unpaired) electrons. The number of benzene rings is 1. The molecule has 1 fully saturated rings. The first kappa shape index (κ1) is 20.0. The van der Waals surface area contributed by atoms with E-state index < -0.39 is 30.1 Å². The molecular weight excluding hydrogens is 373 g/mol. The first-order valence-corrected chi connectivity index (χ1v) is 8.87. The van der Waals surface area contributed by atoms with E-state index >= 15 is 0 Å². The summed E-state index contributed by atoms with van der Waals surface area (Å²) in [6.45, 7) is 0.543. The number of halogens is 1. The Morgan fingerprint density at radius 3 is 2.89 bits per heavy atom. The summed E-state index contributed by atoms with van der Waals surface area (Å²) in [5, 5.41) is 1.16. The number of nitrogens with zero attached hydrogens (tertiary/aromatic N) is 2. The second-order valence-corrected chi connectivity index (χ2v) is 6.49. The van der Waals surface area contributed by atoms with Crippen molar-refractivity contribution < 1.29 is 33.1 Å². The summed E-state index contributed by atoms with van der Waals surface area (Å²) in [4.78, 5) is 43.1. The largest absolute Gasteiger partial charge is 0.469 e. The van der Waals surface area contributed by atoms with Gasteiger partial charge < -0.3 is 24.9 Å². The highest BCUT2D eigenvalue weighted by Gasteiger charge is 2.38. The van der Waals surface area contributed by atoms with Crippen LogP contribution >= 0.6 is 0 Å². The number of carbonyl (C=O) groups is 3. The van der Waals surface area contributed by atoms with Crippen LogP contribution in [0.1, 0.15) is 28.8 Å². The Morgan fingerprint density at radius 1 is 1.43 bits per heavy atom. The van der Waals surface area contributed by atoms with E-state index in [4.69, 9.17) is 15.3 Å². The average Bonchev–Trinajstić information content (AvgIpc) is 3.01. The molecular formula is C18H22FN3O6. The van der Waals surface area contributed by atoms with Gasteiger partial charge in [-0.05, 0) is 18.6 Å². The molecule has 0 spiro atoms. The predicted molar refractivity (Wildman–Crippen MR) is 93.6 cm³/mol. The number of ether oxygens (including phenoxy) is 2. The van der Waals surface area contributed by atoms with Gasteiger partial charge in [0.25, 0.3) is 5.91 Å². The molecule has 0 saturated carbocycles. The highest BCUT2D eigenvalue weighted by atomic mass is 19.1. The smallest absolute Gasteiger partial charge is 0.305 e. The van der Waals surface area contributed by atoms with E-state index in [1.807, 2.05) is 0 Å². The molecule has 28 heavy (non-hydrogen) atoms. The molecule has 2 atom stereocenters. The van der Waals surface area contributed by atoms with Crippen molar-refractivity contribution in [2.45, 2.75) is 31.7 Å². The van der Waals surface area contributed by atoms with E-state index in [0.717, 1.165) is 5.06 Å². The minimum absolute atomic E-state index is 0.0495. The van der Waals surface area contributed by atoms with Gasteiger partial charge >= 0.3 is 5.97 Å². The summed E-state index contributed by atoms with van der Waals surface area (Å²) in [5.74, 6) is -1.28. The molecule has 2 heterocycles. The van der Waals surface area contributed by atoms with Gasteiger partial charge in [-0.3, -0.25) is 14.4 Å². The lowest BCUT2D eigenvalue weighted by Crippen LogP contribution is -2.45. The number of alkyl halides is 1. The van der Waals surface area contributed by atoms with E-state index in [1.54, 1.807) is 18.2 Å². The Morgan fingerprint density at radius 2 is 2.21 bits per heavy atom. The molecule has 2 amide bonds. The monoisotopic (exact) mass is 395 g/mol. The summed E-state index contributed by atoms with van der Waals surface area (Å²) < 4.78 is 23.6. The van der Waals surface area contributed by atoms with Crippen LogP contribution in [0.5, 0.6) is 5.75 Å². The molecule has 1 aromatic rings. The van der Waals surface area contributed by atoms with Crippen LogP contribution in [-0.2, 0) is 25.6 Å². The maximum Gasteiger partial charge on any atom is 0.305 e. The molecule has 0 aromatic heterocycles. The van der Waals surface area contributed by atoms with Crippen molar-refractivity contribution in [3.63, 3.8) is 0 Å². The quantitative estimate of drug-likeness (QED) is 0.524.